The smallest absolute Gasteiger partial charge is 0.248 e. The number of hydrogen-bond donors (Lipinski definition) is 1. The zero-order chi connectivity index (χ0) is 31.3. The maximum atomic E-state index is 13.0. The molecular formula is C35H41N3O5S. The number of imidazole rings is 1. The lowest BCUT2D eigenvalue weighted by atomic mass is 10.0. The van der Waals surface area contributed by atoms with Gasteiger partial charge < -0.3 is 28.6 Å². The van der Waals surface area contributed by atoms with E-state index in [2.05, 4.69) is 17.2 Å². The van der Waals surface area contributed by atoms with Crippen molar-refractivity contribution < 1.29 is 23.6 Å². The fourth-order valence-electron chi connectivity index (χ4n) is 4.57. The zero-order valence-corrected chi connectivity index (χ0v) is 26.7. The molecule has 0 fully saturated rings. The van der Waals surface area contributed by atoms with Crippen molar-refractivity contribution in [2.24, 2.45) is 0 Å². The molecule has 1 heterocycles. The Labute approximate surface area is 263 Å². The van der Waals surface area contributed by atoms with Crippen molar-refractivity contribution in [2.45, 2.75) is 50.8 Å². The Morgan fingerprint density at radius 1 is 1.00 bits per heavy atom. The van der Waals surface area contributed by atoms with Gasteiger partial charge in [0.05, 0.1) is 31.4 Å². The van der Waals surface area contributed by atoms with E-state index in [1.807, 2.05) is 60.9 Å². The third-order valence-electron chi connectivity index (χ3n) is 7.12. The summed E-state index contributed by atoms with van der Waals surface area (Å²) in [7, 11) is 1.60. The molecule has 0 aliphatic heterocycles. The van der Waals surface area contributed by atoms with E-state index in [4.69, 9.17) is 14.2 Å². The van der Waals surface area contributed by atoms with Crippen LogP contribution in [0.2, 0.25) is 0 Å². The van der Waals surface area contributed by atoms with Crippen LogP contribution in [0.1, 0.15) is 43.6 Å². The van der Waals surface area contributed by atoms with Crippen LogP contribution in [0.15, 0.2) is 84.0 Å². The maximum Gasteiger partial charge on any atom is 0.248 e. The molecule has 0 spiro atoms. The number of methoxy groups -OCH3 is 1. The highest BCUT2D eigenvalue weighted by atomic mass is 32.2. The molecule has 9 heteroatoms. The van der Waals surface area contributed by atoms with Crippen molar-refractivity contribution in [1.82, 2.24) is 9.55 Å². The van der Waals surface area contributed by atoms with Crippen LogP contribution >= 0.6 is 0 Å². The molecule has 232 valence electrons. The third kappa shape index (κ3) is 9.22. The average Bonchev–Trinajstić information content (AvgIpc) is 3.40. The van der Waals surface area contributed by atoms with Crippen LogP contribution in [0.25, 0.3) is 17.2 Å². The molecule has 0 saturated carbocycles. The van der Waals surface area contributed by atoms with E-state index in [-0.39, 0.29) is 5.91 Å². The Balaban J connectivity index is 1.34. The van der Waals surface area contributed by atoms with Crippen LogP contribution < -0.4 is 14.8 Å². The van der Waals surface area contributed by atoms with Gasteiger partial charge in [-0.25, -0.2) is 4.98 Å². The van der Waals surface area contributed by atoms with E-state index in [9.17, 15) is 9.35 Å². The third-order valence-corrected chi connectivity index (χ3v) is 8.45. The summed E-state index contributed by atoms with van der Waals surface area (Å²) in [6, 6.07) is 20.8. The number of aryl methyl sites for hydroxylation is 2. The van der Waals surface area contributed by atoms with Gasteiger partial charge in [0.15, 0.2) is 10.6 Å². The van der Waals surface area contributed by atoms with Gasteiger partial charge in [0.1, 0.15) is 18.1 Å². The number of anilines is 1. The van der Waals surface area contributed by atoms with Crippen LogP contribution in [0.4, 0.5) is 5.69 Å². The Hall–Kier alpha value is -4.05. The summed E-state index contributed by atoms with van der Waals surface area (Å²) in [6.07, 6.45) is 7.16. The number of amides is 1. The second-order valence-corrected chi connectivity index (χ2v) is 11.6. The van der Waals surface area contributed by atoms with Gasteiger partial charge in [-0.1, -0.05) is 31.5 Å². The van der Waals surface area contributed by atoms with Crippen molar-refractivity contribution in [1.29, 1.82) is 0 Å². The van der Waals surface area contributed by atoms with Gasteiger partial charge >= 0.3 is 0 Å². The molecule has 0 radical (unpaired) electrons. The number of carbonyl (C=O) groups is 1. The summed E-state index contributed by atoms with van der Waals surface area (Å²) < 4.78 is 31.8. The Morgan fingerprint density at radius 3 is 2.45 bits per heavy atom. The molecule has 1 aromatic heterocycles. The molecule has 8 nitrogen and oxygen atoms in total. The fourth-order valence-corrected chi connectivity index (χ4v) is 5.80. The van der Waals surface area contributed by atoms with Gasteiger partial charge in [-0.3, -0.25) is 4.79 Å². The lowest BCUT2D eigenvalue weighted by Crippen LogP contribution is -2.11. The van der Waals surface area contributed by atoms with Crippen LogP contribution in [0.3, 0.4) is 0 Å². The Kier molecular flexibility index (Phi) is 12.5. The minimum Gasteiger partial charge on any atom is -0.611 e. The van der Waals surface area contributed by atoms with E-state index < -0.39 is 11.2 Å². The minimum absolute atomic E-state index is 0.283. The minimum atomic E-state index is -1.22. The summed E-state index contributed by atoms with van der Waals surface area (Å²) in [5, 5.41) is 2.87. The van der Waals surface area contributed by atoms with E-state index in [1.54, 1.807) is 43.8 Å². The van der Waals surface area contributed by atoms with Crippen LogP contribution in [-0.4, -0.2) is 46.9 Å². The summed E-state index contributed by atoms with van der Waals surface area (Å²) in [5.74, 6) is 1.56. The second-order valence-electron chi connectivity index (χ2n) is 10.2. The quantitative estimate of drug-likeness (QED) is 0.0825. The number of nitrogens with zero attached hydrogens (tertiary/aromatic N) is 2. The van der Waals surface area contributed by atoms with E-state index >= 15 is 0 Å². The number of unbranched alkanes of at least 4 members (excludes halogenated alkanes) is 1. The number of hydrogen-bond acceptors (Lipinski definition) is 6. The van der Waals surface area contributed by atoms with Gasteiger partial charge in [-0.05, 0) is 97.2 Å². The molecule has 1 N–H and O–H groups in total. The molecule has 1 atom stereocenters. The monoisotopic (exact) mass is 615 g/mol. The van der Waals surface area contributed by atoms with Gasteiger partial charge in [-0.15, -0.1) is 0 Å². The summed E-state index contributed by atoms with van der Waals surface area (Å²) in [5.41, 5.74) is 5.26. The largest absolute Gasteiger partial charge is 0.611 e. The first-order valence-electron chi connectivity index (χ1n) is 14.9. The first-order chi connectivity index (χ1) is 21.4. The lowest BCUT2D eigenvalue weighted by molar-refractivity contribution is -0.111. The fraction of sp³-hybridized carbons (Fsp3) is 0.314. The Bertz CT molecular complexity index is 1520. The van der Waals surface area contributed by atoms with E-state index in [1.165, 1.54) is 6.08 Å². The summed E-state index contributed by atoms with van der Waals surface area (Å²) >= 11 is -1.22. The normalized spacial score (nSPS) is 11.9. The van der Waals surface area contributed by atoms with Crippen molar-refractivity contribution in [3.8, 4) is 22.6 Å². The predicted octanol–water partition coefficient (Wildman–Crippen LogP) is 7.04. The van der Waals surface area contributed by atoms with Gasteiger partial charge in [0.25, 0.3) is 0 Å². The summed E-state index contributed by atoms with van der Waals surface area (Å²) in [4.78, 5) is 17.8. The van der Waals surface area contributed by atoms with Gasteiger partial charge in [0.2, 0.25) is 5.91 Å². The molecular weight excluding hydrogens is 574 g/mol. The van der Waals surface area contributed by atoms with Crippen molar-refractivity contribution >= 4 is 28.8 Å². The van der Waals surface area contributed by atoms with Crippen molar-refractivity contribution in [2.75, 3.05) is 32.2 Å². The molecule has 0 saturated heterocycles. The number of nitrogens with one attached hydrogen (secondary N) is 1. The van der Waals surface area contributed by atoms with E-state index in [0.29, 0.717) is 35.3 Å². The topological polar surface area (TPSA) is 97.7 Å². The van der Waals surface area contributed by atoms with Crippen molar-refractivity contribution in [3.63, 3.8) is 0 Å². The number of rotatable bonds is 16. The molecule has 0 aliphatic carbocycles. The molecule has 0 aliphatic rings. The number of ether oxygens (including phenoxy) is 3. The lowest BCUT2D eigenvalue weighted by Gasteiger charge is -2.13. The molecule has 3 aromatic carbocycles. The zero-order valence-electron chi connectivity index (χ0n) is 25.9. The van der Waals surface area contributed by atoms with Gasteiger partial charge in [-0.2, -0.15) is 0 Å². The van der Waals surface area contributed by atoms with Crippen LogP contribution in [-0.2, 0) is 33.0 Å². The van der Waals surface area contributed by atoms with Crippen molar-refractivity contribution in [3.05, 3.63) is 96.1 Å². The maximum absolute atomic E-state index is 13.0. The predicted molar refractivity (Wildman–Crippen MR) is 177 cm³/mol. The van der Waals surface area contributed by atoms with Gasteiger partial charge in [0, 0.05) is 30.5 Å². The molecule has 1 amide bonds. The Morgan fingerprint density at radius 2 is 1.75 bits per heavy atom. The highest BCUT2D eigenvalue weighted by molar-refractivity contribution is 7.90. The van der Waals surface area contributed by atoms with Crippen LogP contribution in [0.5, 0.6) is 11.5 Å². The first-order valence-corrected chi connectivity index (χ1v) is 16.2. The molecule has 4 aromatic rings. The number of carbonyl (C=O) groups excluding carboxylic acids is 1. The number of benzene rings is 3. The molecule has 4 rings (SSSR count). The average molecular weight is 616 g/mol. The molecule has 0 unspecified atom stereocenters. The highest BCUT2D eigenvalue weighted by Crippen LogP contribution is 2.29. The van der Waals surface area contributed by atoms with E-state index in [0.717, 1.165) is 59.8 Å². The first kappa shape index (κ1) is 32.9. The standard InChI is InChI=1S/C35H41N3O5S/c1-5-7-20-42-21-22-43-31-14-8-27(9-15-31)28-10-18-34(41-4)29(23-28)11-19-35(39)37-30-12-16-32(17-13-30)44(40)24-33-26(3)36-25-38(33)6-2/h8-19,23,25H,5-7,20-22,24H2,1-4H3,(H,37,39)/b19-11+/t44-/m0/s1. The second kappa shape index (κ2) is 16.7. The SMILES string of the molecule is CCCCOCCOc1ccc(-c2ccc(OC)c(/C=C/C(=O)Nc3ccc([S@@+]([O-])Cc4c(C)ncn4CC)cc3)c2)cc1. The summed E-state index contributed by atoms with van der Waals surface area (Å²) in [6.45, 7) is 8.73. The molecule has 0 bridgehead atoms. The highest BCUT2D eigenvalue weighted by Gasteiger charge is 2.17. The van der Waals surface area contributed by atoms with Crippen LogP contribution in [0, 0.1) is 6.92 Å². The molecule has 44 heavy (non-hydrogen) atoms. The number of aromatic nitrogens is 2.